The Balaban J connectivity index is 0.000000704. The molecule has 0 saturated heterocycles. The zero-order valence-corrected chi connectivity index (χ0v) is 14.5. The zero-order valence-electron chi connectivity index (χ0n) is 10.8. The van der Waals surface area contributed by atoms with Gasteiger partial charge in [0.05, 0.1) is 13.1 Å². The Morgan fingerprint density at radius 2 is 1.45 bits per heavy atom. The van der Waals surface area contributed by atoms with Crippen molar-refractivity contribution in [1.82, 2.24) is 4.98 Å². The molecule has 3 rings (SSSR count). The van der Waals surface area contributed by atoms with Crippen LogP contribution in [0.3, 0.4) is 0 Å². The van der Waals surface area contributed by atoms with Gasteiger partial charge >= 0.3 is 22.6 Å². The van der Waals surface area contributed by atoms with E-state index in [9.17, 15) is 0 Å². The molecular formula is C12H14AsN3O2S2. The van der Waals surface area contributed by atoms with Crippen LogP contribution in [-0.4, -0.2) is 57.6 Å². The Morgan fingerprint density at radius 3 is 1.80 bits per heavy atom. The van der Waals surface area contributed by atoms with Crippen LogP contribution < -0.4 is 0 Å². The first-order valence-electron chi connectivity index (χ1n) is 5.93. The van der Waals surface area contributed by atoms with Crippen LogP contribution in [0.2, 0.25) is 5.71 Å². The molecule has 3 heterocycles. The largest absolute Gasteiger partial charge is 0.460 e. The molecule has 2 unspecified atom stereocenters. The second kappa shape index (κ2) is 7.38. The summed E-state index contributed by atoms with van der Waals surface area (Å²) in [7, 11) is 0. The molecule has 1 aromatic heterocycles. The van der Waals surface area contributed by atoms with Gasteiger partial charge in [0.1, 0.15) is 11.4 Å². The summed E-state index contributed by atoms with van der Waals surface area (Å²) in [6, 6.07) is 5.54. The predicted molar refractivity (Wildman–Crippen MR) is 86.4 cm³/mol. The minimum absolute atomic E-state index is 0.188. The number of nitrogens with zero attached hydrogens (tertiary/aromatic N) is 3. The first-order valence-corrected chi connectivity index (χ1v) is 8.84. The van der Waals surface area contributed by atoms with Crippen LogP contribution in [0.25, 0.3) is 0 Å². The molecule has 0 saturated carbocycles. The van der Waals surface area contributed by atoms with Crippen LogP contribution >= 0.6 is 25.3 Å². The Labute approximate surface area is 137 Å². The number of pyridine rings is 1. The summed E-state index contributed by atoms with van der Waals surface area (Å²) in [6.45, 7) is 1.08. The van der Waals surface area contributed by atoms with Crippen molar-refractivity contribution in [3.05, 3.63) is 29.6 Å². The van der Waals surface area contributed by atoms with E-state index in [1.165, 1.54) is 0 Å². The monoisotopic (exact) mass is 371 g/mol. The normalized spacial score (nSPS) is 24.0. The molecular weight excluding hydrogens is 357 g/mol. The van der Waals surface area contributed by atoms with E-state index in [2.05, 4.69) is 57.1 Å². The topological polar surface area (TPSA) is 56.1 Å². The number of hydrogen-bond acceptors (Lipinski definition) is 7. The van der Waals surface area contributed by atoms with Gasteiger partial charge in [-0.1, -0.05) is 6.07 Å². The van der Waals surface area contributed by atoms with E-state index in [0.29, 0.717) is 36.3 Å². The Morgan fingerprint density at radius 1 is 1.00 bits per heavy atom. The summed E-state index contributed by atoms with van der Waals surface area (Å²) in [4.78, 5) is 12.9. The average Bonchev–Trinajstić information content (AvgIpc) is 3.10. The van der Waals surface area contributed by atoms with Gasteiger partial charge in [-0.3, -0.25) is 0 Å². The molecule has 5 nitrogen and oxygen atoms in total. The van der Waals surface area contributed by atoms with Gasteiger partial charge in [-0.25, -0.2) is 15.0 Å². The maximum absolute atomic E-state index is 5.44. The Bertz CT molecular complexity index is 496. The third-order valence-electron chi connectivity index (χ3n) is 2.46. The van der Waals surface area contributed by atoms with Crippen molar-refractivity contribution >= 4 is 53.9 Å². The van der Waals surface area contributed by atoms with E-state index in [4.69, 9.17) is 9.47 Å². The van der Waals surface area contributed by atoms with Gasteiger partial charge in [-0.05, 0) is 12.1 Å². The first kappa shape index (κ1) is 15.7. The first-order chi connectivity index (χ1) is 9.72. The SMILES string of the molecule is C[As].SC1CN=C(c2cccc(C3=NCC(S)O3)n2)O1. The van der Waals surface area contributed by atoms with Crippen molar-refractivity contribution in [3.63, 3.8) is 0 Å². The van der Waals surface area contributed by atoms with E-state index < -0.39 is 0 Å². The van der Waals surface area contributed by atoms with Crippen LogP contribution in [0, 0.1) is 0 Å². The molecule has 8 heteroatoms. The summed E-state index contributed by atoms with van der Waals surface area (Å²) >= 11 is 10.7. The average molecular weight is 371 g/mol. The summed E-state index contributed by atoms with van der Waals surface area (Å²) in [6.07, 6.45) is 0. The smallest absolute Gasteiger partial charge is 0.236 e. The molecule has 0 aliphatic carbocycles. The quantitative estimate of drug-likeness (QED) is 0.610. The van der Waals surface area contributed by atoms with E-state index in [0.717, 1.165) is 0 Å². The van der Waals surface area contributed by atoms with E-state index in [1.807, 2.05) is 23.9 Å². The van der Waals surface area contributed by atoms with Crippen molar-refractivity contribution in [2.24, 2.45) is 9.98 Å². The fourth-order valence-corrected chi connectivity index (χ4v) is 2.05. The number of aromatic nitrogens is 1. The molecule has 2 atom stereocenters. The van der Waals surface area contributed by atoms with E-state index >= 15 is 0 Å². The minimum Gasteiger partial charge on any atom is -0.460 e. The van der Waals surface area contributed by atoms with Crippen molar-refractivity contribution in [2.75, 3.05) is 13.1 Å². The fraction of sp³-hybridized carbons (Fsp3) is 0.417. The van der Waals surface area contributed by atoms with E-state index in [-0.39, 0.29) is 10.9 Å². The standard InChI is InChI=1S/C11H11N3O2S2.CH3As/c17-8-4-12-10(15-8)6-2-1-3-7(14-6)11-13-5-9(18)16-11;1-2/h1-3,8-9,17-18H,4-5H2;1H3. The number of ether oxygens (including phenoxy) is 2. The molecule has 2 aliphatic rings. The van der Waals surface area contributed by atoms with Crippen LogP contribution in [-0.2, 0) is 9.47 Å². The molecule has 0 bridgehead atoms. The third-order valence-corrected chi connectivity index (χ3v) is 3.00. The molecule has 2 aliphatic heterocycles. The van der Waals surface area contributed by atoms with Gasteiger partial charge in [0.15, 0.2) is 10.9 Å². The number of thiol groups is 2. The van der Waals surface area contributed by atoms with E-state index in [1.54, 1.807) is 0 Å². The van der Waals surface area contributed by atoms with Gasteiger partial charge in [0.25, 0.3) is 0 Å². The second-order valence-electron chi connectivity index (χ2n) is 3.84. The van der Waals surface area contributed by atoms with Crippen molar-refractivity contribution in [3.8, 4) is 0 Å². The van der Waals surface area contributed by atoms with Crippen molar-refractivity contribution < 1.29 is 9.47 Å². The van der Waals surface area contributed by atoms with Gasteiger partial charge in [-0.2, -0.15) is 0 Å². The Kier molecular flexibility index (Phi) is 5.81. The maximum Gasteiger partial charge on any atom is 0.236 e. The number of hydrogen-bond donors (Lipinski definition) is 2. The van der Waals surface area contributed by atoms with Crippen LogP contribution in [0.15, 0.2) is 28.2 Å². The molecule has 106 valence electrons. The Hall–Kier alpha value is -0.652. The summed E-state index contributed by atoms with van der Waals surface area (Å²) in [5.74, 6) is 1.02. The molecule has 0 amide bonds. The molecule has 2 radical (unpaired) electrons. The minimum atomic E-state index is -0.188. The van der Waals surface area contributed by atoms with Gasteiger partial charge in [0, 0.05) is 0 Å². The molecule has 0 spiro atoms. The van der Waals surface area contributed by atoms with Crippen LogP contribution in [0.1, 0.15) is 11.4 Å². The summed E-state index contributed by atoms with van der Waals surface area (Å²) in [5, 5.41) is 0. The van der Waals surface area contributed by atoms with Gasteiger partial charge in [-0.15, -0.1) is 25.3 Å². The van der Waals surface area contributed by atoms with Crippen molar-refractivity contribution in [1.29, 1.82) is 0 Å². The maximum atomic E-state index is 5.44. The number of aliphatic imine (C=N–C) groups is 2. The van der Waals surface area contributed by atoms with Crippen LogP contribution in [0.5, 0.6) is 0 Å². The molecule has 0 fully saturated rings. The van der Waals surface area contributed by atoms with Crippen molar-refractivity contribution in [2.45, 2.75) is 16.6 Å². The third kappa shape index (κ3) is 3.71. The second-order valence-corrected chi connectivity index (χ2v) is 5.00. The molecule has 1 aromatic rings. The molecule has 0 N–H and O–H groups in total. The van der Waals surface area contributed by atoms with Crippen LogP contribution in [0.4, 0.5) is 0 Å². The summed E-state index contributed by atoms with van der Waals surface area (Å²) in [5.41, 5.74) is 2.89. The fourth-order valence-electron chi connectivity index (χ4n) is 1.68. The molecule has 20 heavy (non-hydrogen) atoms. The predicted octanol–water partition coefficient (Wildman–Crippen LogP) is 1.35. The molecule has 0 aromatic carbocycles. The summed E-state index contributed by atoms with van der Waals surface area (Å²) < 4.78 is 10.9. The number of rotatable bonds is 2. The van der Waals surface area contributed by atoms with Gasteiger partial charge < -0.3 is 9.47 Å². The zero-order chi connectivity index (χ0) is 14.5. The van der Waals surface area contributed by atoms with Gasteiger partial charge in [0.2, 0.25) is 11.8 Å².